The first-order valence-corrected chi connectivity index (χ1v) is 7.64. The topological polar surface area (TPSA) is 90.1 Å². The van der Waals surface area contributed by atoms with Crippen molar-refractivity contribution in [2.45, 2.75) is 18.9 Å². The number of nitrogens with zero attached hydrogens (tertiary/aromatic N) is 1. The van der Waals surface area contributed by atoms with E-state index in [1.807, 2.05) is 24.3 Å². The van der Waals surface area contributed by atoms with Crippen molar-refractivity contribution in [3.8, 4) is 11.5 Å². The lowest BCUT2D eigenvalue weighted by Gasteiger charge is -2.20. The van der Waals surface area contributed by atoms with Crippen molar-refractivity contribution in [1.82, 2.24) is 0 Å². The smallest absolute Gasteiger partial charge is 0.331 e. The van der Waals surface area contributed by atoms with Crippen molar-refractivity contribution in [3.05, 3.63) is 58.1 Å². The van der Waals surface area contributed by atoms with Crippen molar-refractivity contribution < 1.29 is 20.1 Å². The summed E-state index contributed by atoms with van der Waals surface area (Å²) in [5.41, 5.74) is -0.0388. The number of aliphatic carboxylic acids is 1. The summed E-state index contributed by atoms with van der Waals surface area (Å²) in [7, 11) is 0. The standard InChI is InChI=1S/C17H16BrNO4/c1-17(16(22)23,9-11-5-6-14(20)15(21)8-11)19-10-12-3-2-4-13(18)7-12/h2-8,10,20-21H,9H2,1H3,(H,22,23). The summed E-state index contributed by atoms with van der Waals surface area (Å²) < 4.78 is 0.877. The molecule has 2 rings (SSSR count). The molecule has 0 heterocycles. The molecule has 23 heavy (non-hydrogen) atoms. The highest BCUT2D eigenvalue weighted by molar-refractivity contribution is 9.10. The van der Waals surface area contributed by atoms with E-state index in [2.05, 4.69) is 20.9 Å². The van der Waals surface area contributed by atoms with Crippen LogP contribution in [0.4, 0.5) is 0 Å². The molecule has 0 bridgehead atoms. The third-order valence-electron chi connectivity index (χ3n) is 3.40. The van der Waals surface area contributed by atoms with Crippen molar-refractivity contribution in [1.29, 1.82) is 0 Å². The van der Waals surface area contributed by atoms with E-state index in [0.29, 0.717) is 5.56 Å². The number of hydrogen-bond acceptors (Lipinski definition) is 4. The van der Waals surface area contributed by atoms with E-state index in [9.17, 15) is 20.1 Å². The minimum Gasteiger partial charge on any atom is -0.504 e. The van der Waals surface area contributed by atoms with Crippen molar-refractivity contribution >= 4 is 28.1 Å². The first-order chi connectivity index (χ1) is 10.8. The average Bonchev–Trinajstić information content (AvgIpc) is 2.49. The van der Waals surface area contributed by atoms with E-state index in [1.165, 1.54) is 25.3 Å². The van der Waals surface area contributed by atoms with E-state index in [4.69, 9.17) is 0 Å². The Balaban J connectivity index is 2.28. The molecule has 2 aromatic carbocycles. The Morgan fingerprint density at radius 3 is 2.57 bits per heavy atom. The van der Waals surface area contributed by atoms with Crippen LogP contribution in [0.15, 0.2) is 51.9 Å². The van der Waals surface area contributed by atoms with Gasteiger partial charge in [0.05, 0.1) is 0 Å². The van der Waals surface area contributed by atoms with Gasteiger partial charge in [-0.2, -0.15) is 0 Å². The number of carboxylic acids is 1. The highest BCUT2D eigenvalue weighted by Crippen LogP contribution is 2.28. The molecule has 5 nitrogen and oxygen atoms in total. The van der Waals surface area contributed by atoms with Crippen LogP contribution in [0.2, 0.25) is 0 Å². The highest BCUT2D eigenvalue weighted by atomic mass is 79.9. The fourth-order valence-electron chi connectivity index (χ4n) is 2.06. The van der Waals surface area contributed by atoms with Crippen LogP contribution in [0.5, 0.6) is 11.5 Å². The average molecular weight is 378 g/mol. The molecule has 0 aromatic heterocycles. The van der Waals surface area contributed by atoms with Gasteiger partial charge in [-0.05, 0) is 42.3 Å². The molecule has 0 amide bonds. The predicted octanol–water partition coefficient (Wildman–Crippen LogP) is 3.37. The molecule has 0 aliphatic heterocycles. The van der Waals surface area contributed by atoms with Crippen LogP contribution in [0.3, 0.4) is 0 Å². The zero-order valence-electron chi connectivity index (χ0n) is 12.4. The van der Waals surface area contributed by atoms with E-state index in [-0.39, 0.29) is 17.9 Å². The number of aliphatic imine (C=N–C) groups is 1. The van der Waals surface area contributed by atoms with Crippen LogP contribution in [-0.2, 0) is 11.2 Å². The normalized spacial score (nSPS) is 13.8. The summed E-state index contributed by atoms with van der Waals surface area (Å²) in [6, 6.07) is 11.6. The van der Waals surface area contributed by atoms with Gasteiger partial charge in [-0.25, -0.2) is 4.79 Å². The van der Waals surface area contributed by atoms with Crippen molar-refractivity contribution in [2.75, 3.05) is 0 Å². The Labute approximate surface area is 142 Å². The number of phenolic OH excluding ortho intramolecular Hbond substituents is 2. The molecule has 0 aliphatic rings. The van der Waals surface area contributed by atoms with Gasteiger partial charge < -0.3 is 15.3 Å². The number of phenols is 2. The lowest BCUT2D eigenvalue weighted by molar-refractivity contribution is -0.142. The van der Waals surface area contributed by atoms with Gasteiger partial charge in [-0.3, -0.25) is 4.99 Å². The molecule has 0 spiro atoms. The zero-order chi connectivity index (χ0) is 17.0. The Morgan fingerprint density at radius 2 is 1.96 bits per heavy atom. The molecule has 0 saturated carbocycles. The molecular weight excluding hydrogens is 362 g/mol. The fourth-order valence-corrected chi connectivity index (χ4v) is 2.47. The SMILES string of the molecule is CC(Cc1ccc(O)c(O)c1)(N=Cc1cccc(Br)c1)C(=O)O. The van der Waals surface area contributed by atoms with Crippen LogP contribution >= 0.6 is 15.9 Å². The number of benzene rings is 2. The van der Waals surface area contributed by atoms with Crippen LogP contribution in [0.1, 0.15) is 18.1 Å². The van der Waals surface area contributed by atoms with Crippen LogP contribution < -0.4 is 0 Å². The molecule has 6 heteroatoms. The van der Waals surface area contributed by atoms with Crippen molar-refractivity contribution in [3.63, 3.8) is 0 Å². The van der Waals surface area contributed by atoms with Crippen molar-refractivity contribution in [2.24, 2.45) is 4.99 Å². The molecule has 0 aliphatic carbocycles. The number of halogens is 1. The molecule has 0 saturated heterocycles. The maximum absolute atomic E-state index is 11.6. The van der Waals surface area contributed by atoms with Gasteiger partial charge in [-0.1, -0.05) is 34.1 Å². The molecule has 0 fully saturated rings. The molecule has 2 aromatic rings. The first-order valence-electron chi connectivity index (χ1n) is 6.85. The van der Waals surface area contributed by atoms with Gasteiger partial charge in [0.25, 0.3) is 0 Å². The van der Waals surface area contributed by atoms with Gasteiger partial charge in [0.1, 0.15) is 0 Å². The van der Waals surface area contributed by atoms with E-state index < -0.39 is 11.5 Å². The molecule has 3 N–H and O–H groups in total. The number of carbonyl (C=O) groups is 1. The summed E-state index contributed by atoms with van der Waals surface area (Å²) in [4.78, 5) is 15.9. The molecule has 1 atom stereocenters. The lowest BCUT2D eigenvalue weighted by Crippen LogP contribution is -2.35. The third-order valence-corrected chi connectivity index (χ3v) is 3.89. The summed E-state index contributed by atoms with van der Waals surface area (Å²) >= 11 is 3.35. The monoisotopic (exact) mass is 377 g/mol. The van der Waals surface area contributed by atoms with Crippen LogP contribution in [-0.4, -0.2) is 33.0 Å². The largest absolute Gasteiger partial charge is 0.504 e. The summed E-state index contributed by atoms with van der Waals surface area (Å²) in [5.74, 6) is -1.61. The molecular formula is C17H16BrNO4. The van der Waals surface area contributed by atoms with E-state index in [0.717, 1.165) is 10.0 Å². The predicted molar refractivity (Wildman–Crippen MR) is 91.3 cm³/mol. The number of hydrogen-bond donors (Lipinski definition) is 3. The molecule has 120 valence electrons. The third kappa shape index (κ3) is 4.32. The Kier molecular flexibility index (Phi) is 5.05. The summed E-state index contributed by atoms with van der Waals surface area (Å²) in [6.45, 7) is 1.51. The van der Waals surface area contributed by atoms with E-state index in [1.54, 1.807) is 6.07 Å². The maximum atomic E-state index is 11.6. The summed E-state index contributed by atoms with van der Waals surface area (Å²) in [5, 5.41) is 28.4. The van der Waals surface area contributed by atoms with Gasteiger partial charge in [0.2, 0.25) is 0 Å². The van der Waals surface area contributed by atoms with E-state index >= 15 is 0 Å². The highest BCUT2D eigenvalue weighted by Gasteiger charge is 2.32. The Bertz CT molecular complexity index is 760. The minimum absolute atomic E-state index is 0.0840. The van der Waals surface area contributed by atoms with Crippen LogP contribution in [0.25, 0.3) is 0 Å². The molecule has 1 unspecified atom stereocenters. The second-order valence-corrected chi connectivity index (χ2v) is 6.31. The van der Waals surface area contributed by atoms with Gasteiger partial charge >= 0.3 is 5.97 Å². The number of carboxylic acid groups (broad SMARTS) is 1. The Morgan fingerprint density at radius 1 is 1.22 bits per heavy atom. The number of aromatic hydroxyl groups is 2. The summed E-state index contributed by atoms with van der Waals surface area (Å²) in [6.07, 6.45) is 1.60. The fraction of sp³-hybridized carbons (Fsp3) is 0.176. The second-order valence-electron chi connectivity index (χ2n) is 5.39. The second kappa shape index (κ2) is 6.83. The quantitative estimate of drug-likeness (QED) is 0.550. The van der Waals surface area contributed by atoms with Gasteiger partial charge in [-0.15, -0.1) is 0 Å². The first kappa shape index (κ1) is 17.0. The number of rotatable bonds is 5. The minimum atomic E-state index is -1.38. The maximum Gasteiger partial charge on any atom is 0.331 e. The zero-order valence-corrected chi connectivity index (χ0v) is 14.0. The Hall–Kier alpha value is -2.34. The lowest BCUT2D eigenvalue weighted by atomic mass is 9.93. The van der Waals surface area contributed by atoms with Crippen LogP contribution in [0, 0.1) is 0 Å². The molecule has 0 radical (unpaired) electrons. The van der Waals surface area contributed by atoms with Gasteiger partial charge in [0.15, 0.2) is 17.0 Å². The van der Waals surface area contributed by atoms with Gasteiger partial charge in [0, 0.05) is 17.1 Å².